The molecular weight excluding hydrogens is 149 g/mol. The molecule has 0 amide bonds. The van der Waals surface area contributed by atoms with Crippen LogP contribution in [0.4, 0.5) is 13.2 Å². The zero-order valence-electron chi connectivity index (χ0n) is 5.43. The summed E-state index contributed by atoms with van der Waals surface area (Å²) in [4.78, 5) is 0. The molecule has 2 atom stereocenters. The monoisotopic (exact) mass is 158 g/mol. The molecule has 62 valence electrons. The minimum Gasteiger partial charge on any atom is -0.391 e. The van der Waals surface area contributed by atoms with Gasteiger partial charge in [0.2, 0.25) is 0 Å². The zero-order valence-corrected chi connectivity index (χ0v) is 5.43. The summed E-state index contributed by atoms with van der Waals surface area (Å²) in [6, 6.07) is 0. The lowest BCUT2D eigenvalue weighted by Crippen LogP contribution is -2.21. The maximum absolute atomic E-state index is 11.8. The molecule has 0 fully saturated rings. The molecule has 0 aliphatic heterocycles. The second-order valence-electron chi connectivity index (χ2n) is 1.87. The number of hydrogen-bond donors (Lipinski definition) is 1. The van der Waals surface area contributed by atoms with Gasteiger partial charge in [-0.3, -0.25) is 0 Å². The highest BCUT2D eigenvalue weighted by Gasteiger charge is 2.19. The first kappa shape index (κ1) is 9.71. The lowest BCUT2D eigenvalue weighted by atomic mass is 10.4. The minimum absolute atomic E-state index is 0.411. The van der Waals surface area contributed by atoms with Crippen molar-refractivity contribution < 1.29 is 23.0 Å². The van der Waals surface area contributed by atoms with Gasteiger partial charge in [-0.2, -0.15) is 0 Å². The van der Waals surface area contributed by atoms with Gasteiger partial charge in [-0.15, -0.1) is 0 Å². The largest absolute Gasteiger partial charge is 0.391 e. The van der Waals surface area contributed by atoms with E-state index in [4.69, 9.17) is 5.11 Å². The Balaban J connectivity index is 3.30. The third-order valence-corrected chi connectivity index (χ3v) is 0.695. The second kappa shape index (κ2) is 4.51. The predicted molar refractivity (Wildman–Crippen MR) is 28.5 cm³/mol. The summed E-state index contributed by atoms with van der Waals surface area (Å²) in [7, 11) is 0. The molecule has 0 aromatic rings. The van der Waals surface area contributed by atoms with E-state index in [-0.39, 0.29) is 0 Å². The number of aliphatic hydroxyl groups excluding tert-OH is 1. The van der Waals surface area contributed by atoms with E-state index in [1.54, 1.807) is 0 Å². The Hall–Kier alpha value is -0.290. The molecular formula is C5H9F3O2. The second-order valence-corrected chi connectivity index (χ2v) is 1.87. The summed E-state index contributed by atoms with van der Waals surface area (Å²) < 4.78 is 38.3. The summed E-state index contributed by atoms with van der Waals surface area (Å²) in [6.07, 6.45) is -6.65. The Morgan fingerprint density at radius 3 is 2.20 bits per heavy atom. The van der Waals surface area contributed by atoms with E-state index in [9.17, 15) is 13.2 Å². The van der Waals surface area contributed by atoms with E-state index < -0.39 is 25.5 Å². The van der Waals surface area contributed by atoms with Crippen LogP contribution < -0.4 is 0 Å². The molecule has 0 saturated heterocycles. The van der Waals surface area contributed by atoms with Gasteiger partial charge in [-0.25, -0.2) is 13.2 Å². The van der Waals surface area contributed by atoms with Crippen LogP contribution in [0, 0.1) is 0 Å². The van der Waals surface area contributed by atoms with Gasteiger partial charge < -0.3 is 9.84 Å². The third kappa shape index (κ3) is 4.58. The fourth-order valence-electron chi connectivity index (χ4n) is 0.304. The Morgan fingerprint density at radius 2 is 1.90 bits per heavy atom. The van der Waals surface area contributed by atoms with Gasteiger partial charge in [0.15, 0.2) is 0 Å². The van der Waals surface area contributed by atoms with Crippen molar-refractivity contribution in [2.24, 2.45) is 0 Å². The first-order chi connectivity index (χ1) is 4.54. The predicted octanol–water partition coefficient (Wildman–Crippen LogP) is 0.945. The van der Waals surface area contributed by atoms with Crippen molar-refractivity contribution in [2.75, 3.05) is 6.61 Å². The van der Waals surface area contributed by atoms with Crippen molar-refractivity contribution in [2.45, 2.75) is 25.8 Å². The van der Waals surface area contributed by atoms with E-state index in [0.29, 0.717) is 0 Å². The zero-order chi connectivity index (χ0) is 8.15. The minimum atomic E-state index is -3.14. The molecule has 0 rings (SSSR count). The summed E-state index contributed by atoms with van der Waals surface area (Å²) >= 11 is 0. The highest BCUT2D eigenvalue weighted by Crippen LogP contribution is 2.06. The van der Waals surface area contributed by atoms with Crippen molar-refractivity contribution in [3.8, 4) is 0 Å². The van der Waals surface area contributed by atoms with E-state index in [0.717, 1.165) is 0 Å². The van der Waals surface area contributed by atoms with Gasteiger partial charge in [0.25, 0.3) is 12.8 Å². The fraction of sp³-hybridized carbons (Fsp3) is 1.00. The summed E-state index contributed by atoms with van der Waals surface area (Å²) in [6.45, 7) is 0.906. The lowest BCUT2D eigenvalue weighted by molar-refractivity contribution is -0.142. The van der Waals surface area contributed by atoms with Crippen LogP contribution >= 0.6 is 0 Å². The van der Waals surface area contributed by atoms with Crippen LogP contribution in [0.15, 0.2) is 0 Å². The first-order valence-electron chi connectivity index (χ1n) is 2.76. The first-order valence-corrected chi connectivity index (χ1v) is 2.76. The van der Waals surface area contributed by atoms with Gasteiger partial charge in [0.05, 0.1) is 12.7 Å². The number of rotatable bonds is 4. The van der Waals surface area contributed by atoms with E-state index >= 15 is 0 Å². The van der Waals surface area contributed by atoms with Crippen LogP contribution in [0.1, 0.15) is 6.92 Å². The van der Waals surface area contributed by atoms with E-state index in [1.807, 2.05) is 0 Å². The third-order valence-electron chi connectivity index (χ3n) is 0.695. The van der Waals surface area contributed by atoms with Crippen LogP contribution in [0.25, 0.3) is 0 Å². The average molecular weight is 158 g/mol. The Kier molecular flexibility index (Phi) is 4.38. The van der Waals surface area contributed by atoms with Gasteiger partial charge in [-0.1, -0.05) is 0 Å². The van der Waals surface area contributed by atoms with Crippen LogP contribution in [-0.2, 0) is 4.74 Å². The van der Waals surface area contributed by atoms with Crippen molar-refractivity contribution >= 4 is 0 Å². The van der Waals surface area contributed by atoms with Gasteiger partial charge in [0, 0.05) is 0 Å². The Bertz CT molecular complexity index is 87.0. The van der Waals surface area contributed by atoms with Gasteiger partial charge >= 0.3 is 0 Å². The van der Waals surface area contributed by atoms with E-state index in [2.05, 4.69) is 4.74 Å². The summed E-state index contributed by atoms with van der Waals surface area (Å²) in [5.41, 5.74) is 0. The molecule has 0 heterocycles. The number of halogens is 3. The molecule has 2 unspecified atom stereocenters. The van der Waals surface area contributed by atoms with Gasteiger partial charge in [-0.05, 0) is 6.92 Å². The number of hydrogen-bond acceptors (Lipinski definition) is 2. The van der Waals surface area contributed by atoms with Crippen LogP contribution in [-0.4, -0.2) is 30.6 Å². The Labute approximate surface area is 56.6 Å². The molecule has 1 N–H and O–H groups in total. The highest BCUT2D eigenvalue weighted by atomic mass is 19.3. The maximum Gasteiger partial charge on any atom is 0.293 e. The Morgan fingerprint density at radius 1 is 1.40 bits per heavy atom. The SMILES string of the molecule is CC(O)COC(F)C(F)F. The molecule has 0 aromatic heterocycles. The fourth-order valence-corrected chi connectivity index (χ4v) is 0.304. The van der Waals surface area contributed by atoms with Crippen LogP contribution in [0.5, 0.6) is 0 Å². The van der Waals surface area contributed by atoms with Crippen molar-refractivity contribution in [3.63, 3.8) is 0 Å². The molecule has 0 aliphatic rings. The summed E-state index contributed by atoms with van der Waals surface area (Å²) in [5, 5.41) is 8.45. The highest BCUT2D eigenvalue weighted by molar-refractivity contribution is 4.46. The molecule has 5 heteroatoms. The molecule has 2 nitrogen and oxygen atoms in total. The molecule has 0 saturated carbocycles. The standard InChI is InChI=1S/C5H9F3O2/c1-3(9)2-10-5(8)4(6)7/h3-5,9H,2H2,1H3. The molecule has 0 radical (unpaired) electrons. The van der Waals surface area contributed by atoms with Crippen molar-refractivity contribution in [3.05, 3.63) is 0 Å². The molecule has 0 spiro atoms. The van der Waals surface area contributed by atoms with Crippen LogP contribution in [0.3, 0.4) is 0 Å². The van der Waals surface area contributed by atoms with Crippen molar-refractivity contribution in [1.82, 2.24) is 0 Å². The summed E-state index contributed by atoms with van der Waals surface area (Å²) in [5.74, 6) is 0. The lowest BCUT2D eigenvalue weighted by Gasteiger charge is -2.09. The number of alkyl halides is 3. The topological polar surface area (TPSA) is 29.5 Å². The number of ether oxygens (including phenoxy) is 1. The molecule has 10 heavy (non-hydrogen) atoms. The van der Waals surface area contributed by atoms with Crippen LogP contribution in [0.2, 0.25) is 0 Å². The van der Waals surface area contributed by atoms with E-state index in [1.165, 1.54) is 6.92 Å². The molecule has 0 bridgehead atoms. The molecule has 0 aliphatic carbocycles. The van der Waals surface area contributed by atoms with Crippen molar-refractivity contribution in [1.29, 1.82) is 0 Å². The quantitative estimate of drug-likeness (QED) is 0.659. The average Bonchev–Trinajstić information content (AvgIpc) is 1.82. The van der Waals surface area contributed by atoms with Gasteiger partial charge in [0.1, 0.15) is 0 Å². The smallest absolute Gasteiger partial charge is 0.293 e. The normalized spacial score (nSPS) is 17.4. The maximum atomic E-state index is 11.8. The molecule has 0 aromatic carbocycles. The number of aliphatic hydroxyl groups is 1.